The molecule has 0 spiro atoms. The van der Waals surface area contributed by atoms with Gasteiger partial charge in [-0.15, -0.1) is 11.3 Å². The van der Waals surface area contributed by atoms with Crippen molar-refractivity contribution in [2.24, 2.45) is 0 Å². The molecule has 3 heterocycles. The third kappa shape index (κ3) is 3.68. The maximum atomic E-state index is 12.8. The number of rotatable bonds is 8. The van der Waals surface area contributed by atoms with Crippen LogP contribution in [0.15, 0.2) is 60.2 Å². The highest BCUT2D eigenvalue weighted by atomic mass is 32.1. The summed E-state index contributed by atoms with van der Waals surface area (Å²) in [7, 11) is 0. The molecule has 0 saturated heterocycles. The monoisotopic (exact) mass is 390 g/mol. The molecule has 0 unspecified atom stereocenters. The number of unbranched alkanes of at least 4 members (excludes halogenated alkanes) is 2. The molecule has 0 fully saturated rings. The smallest absolute Gasteiger partial charge is 0.208 e. The van der Waals surface area contributed by atoms with Gasteiger partial charge in [-0.25, -0.2) is 9.50 Å². The molecule has 0 aliphatic heterocycles. The largest absolute Gasteiger partial charge is 0.385 e. The van der Waals surface area contributed by atoms with E-state index in [4.69, 9.17) is 0 Å². The number of nitrogens with zero attached hydrogens (tertiary/aromatic N) is 3. The van der Waals surface area contributed by atoms with Gasteiger partial charge < -0.3 is 5.32 Å². The summed E-state index contributed by atoms with van der Waals surface area (Å²) >= 11 is 1.43. The Hall–Kier alpha value is -2.99. The van der Waals surface area contributed by atoms with E-state index in [2.05, 4.69) is 40.5 Å². The normalized spacial score (nSPS) is 11.0. The maximum Gasteiger partial charge on any atom is 0.208 e. The number of hydrogen-bond acceptors (Lipinski definition) is 5. The van der Waals surface area contributed by atoms with Crippen molar-refractivity contribution in [2.75, 3.05) is 11.9 Å². The van der Waals surface area contributed by atoms with Gasteiger partial charge in [-0.3, -0.25) is 4.79 Å². The molecule has 0 radical (unpaired) electrons. The lowest BCUT2D eigenvalue weighted by Crippen LogP contribution is -2.02. The van der Waals surface area contributed by atoms with Crippen molar-refractivity contribution < 1.29 is 4.79 Å². The summed E-state index contributed by atoms with van der Waals surface area (Å²) in [5, 5.41) is 9.84. The molecule has 0 saturated carbocycles. The minimum absolute atomic E-state index is 0.0407. The number of anilines is 1. The molecule has 1 N–H and O–H groups in total. The van der Waals surface area contributed by atoms with Crippen LogP contribution in [0, 0.1) is 0 Å². The van der Waals surface area contributed by atoms with Gasteiger partial charge in [0.2, 0.25) is 5.78 Å². The average Bonchev–Trinajstić information content (AvgIpc) is 3.41. The zero-order chi connectivity index (χ0) is 19.3. The minimum Gasteiger partial charge on any atom is -0.385 e. The molecular weight excluding hydrogens is 368 g/mol. The molecule has 0 amide bonds. The van der Waals surface area contributed by atoms with E-state index >= 15 is 0 Å². The van der Waals surface area contributed by atoms with Crippen LogP contribution in [-0.4, -0.2) is 26.9 Å². The van der Waals surface area contributed by atoms with Crippen molar-refractivity contribution in [3.05, 3.63) is 70.7 Å². The molecule has 0 atom stereocenters. The van der Waals surface area contributed by atoms with Crippen molar-refractivity contribution in [2.45, 2.75) is 26.2 Å². The third-order valence-corrected chi connectivity index (χ3v) is 5.53. The van der Waals surface area contributed by atoms with Gasteiger partial charge in [-0.2, -0.15) is 5.10 Å². The second-order valence-electron chi connectivity index (χ2n) is 6.64. The van der Waals surface area contributed by atoms with E-state index in [0.717, 1.165) is 29.9 Å². The standard InChI is InChI=1S/C22H22N4OS/c1-2-3-4-11-23-17-8-5-7-16(14-17)19-10-12-24-22-18(15-25-26(19)22)21(27)20-9-6-13-28-20/h5-10,12-15,23H,2-4,11H2,1H3. The van der Waals surface area contributed by atoms with E-state index in [1.165, 1.54) is 24.2 Å². The Morgan fingerprint density at radius 1 is 1.18 bits per heavy atom. The summed E-state index contributed by atoms with van der Waals surface area (Å²) in [5.74, 6) is -0.0407. The van der Waals surface area contributed by atoms with Crippen LogP contribution < -0.4 is 5.32 Å². The van der Waals surface area contributed by atoms with E-state index < -0.39 is 0 Å². The van der Waals surface area contributed by atoms with Gasteiger partial charge in [0.15, 0.2) is 5.65 Å². The number of benzene rings is 1. The minimum atomic E-state index is -0.0407. The number of fused-ring (bicyclic) bond motifs is 1. The molecular formula is C22H22N4OS. The van der Waals surface area contributed by atoms with Crippen molar-refractivity contribution >= 4 is 28.5 Å². The predicted octanol–water partition coefficient (Wildman–Crippen LogP) is 5.29. The molecule has 6 heteroatoms. The molecule has 1 aromatic carbocycles. The molecule has 4 aromatic rings. The molecule has 0 aliphatic carbocycles. The van der Waals surface area contributed by atoms with E-state index in [9.17, 15) is 4.79 Å². The van der Waals surface area contributed by atoms with E-state index in [0.29, 0.717) is 16.1 Å². The summed E-state index contributed by atoms with van der Waals surface area (Å²) < 4.78 is 1.75. The maximum absolute atomic E-state index is 12.8. The number of aromatic nitrogens is 3. The zero-order valence-corrected chi connectivity index (χ0v) is 16.6. The highest BCUT2D eigenvalue weighted by Crippen LogP contribution is 2.25. The number of nitrogens with one attached hydrogen (secondary N) is 1. The molecule has 142 valence electrons. The Morgan fingerprint density at radius 2 is 2.11 bits per heavy atom. The lowest BCUT2D eigenvalue weighted by molar-refractivity contribution is 0.104. The summed E-state index contributed by atoms with van der Waals surface area (Å²) in [4.78, 5) is 17.9. The van der Waals surface area contributed by atoms with Crippen LogP contribution in [-0.2, 0) is 0 Å². The van der Waals surface area contributed by atoms with Crippen molar-refractivity contribution in [3.63, 3.8) is 0 Å². The zero-order valence-electron chi connectivity index (χ0n) is 15.8. The van der Waals surface area contributed by atoms with Gasteiger partial charge in [0.05, 0.1) is 22.3 Å². The number of carbonyl (C=O) groups is 1. The highest BCUT2D eigenvalue weighted by molar-refractivity contribution is 7.12. The SMILES string of the molecule is CCCCCNc1cccc(-c2ccnc3c(C(=O)c4cccs4)cnn23)c1. The summed E-state index contributed by atoms with van der Waals surface area (Å²) in [6, 6.07) is 13.9. The molecule has 4 rings (SSSR count). The van der Waals surface area contributed by atoms with E-state index in [1.54, 1.807) is 16.9 Å². The second kappa shape index (κ2) is 8.35. The van der Waals surface area contributed by atoms with Crippen LogP contribution >= 0.6 is 11.3 Å². The van der Waals surface area contributed by atoms with Crippen molar-refractivity contribution in [3.8, 4) is 11.3 Å². The summed E-state index contributed by atoms with van der Waals surface area (Å²) in [5.41, 5.74) is 4.13. The third-order valence-electron chi connectivity index (χ3n) is 4.66. The topological polar surface area (TPSA) is 59.3 Å². The van der Waals surface area contributed by atoms with E-state index in [-0.39, 0.29) is 5.78 Å². The number of carbonyl (C=O) groups excluding carboxylic acids is 1. The Morgan fingerprint density at radius 3 is 2.93 bits per heavy atom. The van der Waals surface area contributed by atoms with Gasteiger partial charge in [-0.05, 0) is 36.1 Å². The molecule has 28 heavy (non-hydrogen) atoms. The van der Waals surface area contributed by atoms with Crippen LogP contribution in [0.3, 0.4) is 0 Å². The lowest BCUT2D eigenvalue weighted by atomic mass is 10.1. The fourth-order valence-electron chi connectivity index (χ4n) is 3.21. The molecule has 5 nitrogen and oxygen atoms in total. The first-order valence-corrected chi connectivity index (χ1v) is 10.4. The summed E-state index contributed by atoms with van der Waals surface area (Å²) in [6.07, 6.45) is 6.95. The van der Waals surface area contributed by atoms with E-state index in [1.807, 2.05) is 29.6 Å². The molecule has 0 aliphatic rings. The fourth-order valence-corrected chi connectivity index (χ4v) is 3.88. The predicted molar refractivity (Wildman–Crippen MR) is 114 cm³/mol. The second-order valence-corrected chi connectivity index (χ2v) is 7.59. The van der Waals surface area contributed by atoms with Crippen LogP contribution in [0.1, 0.15) is 41.4 Å². The van der Waals surface area contributed by atoms with Crippen LogP contribution in [0.5, 0.6) is 0 Å². The Bertz CT molecular complexity index is 1090. The number of thiophene rings is 1. The Labute approximate surface area is 168 Å². The fraction of sp³-hybridized carbons (Fsp3) is 0.227. The van der Waals surface area contributed by atoms with Gasteiger partial charge in [0.1, 0.15) is 0 Å². The van der Waals surface area contributed by atoms with Crippen LogP contribution in [0.2, 0.25) is 0 Å². The van der Waals surface area contributed by atoms with Gasteiger partial charge in [-0.1, -0.05) is 38.0 Å². The Kier molecular flexibility index (Phi) is 5.48. The Balaban J connectivity index is 1.66. The average molecular weight is 391 g/mol. The first-order chi connectivity index (χ1) is 13.8. The highest BCUT2D eigenvalue weighted by Gasteiger charge is 2.18. The lowest BCUT2D eigenvalue weighted by Gasteiger charge is -2.09. The first-order valence-electron chi connectivity index (χ1n) is 9.53. The first kappa shape index (κ1) is 18.4. The molecule has 3 aromatic heterocycles. The van der Waals surface area contributed by atoms with Crippen molar-refractivity contribution in [1.29, 1.82) is 0 Å². The quantitative estimate of drug-likeness (QED) is 0.328. The van der Waals surface area contributed by atoms with Crippen LogP contribution in [0.25, 0.3) is 16.9 Å². The van der Waals surface area contributed by atoms with Crippen LogP contribution in [0.4, 0.5) is 5.69 Å². The number of ketones is 1. The molecule has 0 bridgehead atoms. The van der Waals surface area contributed by atoms with Crippen molar-refractivity contribution in [1.82, 2.24) is 14.6 Å². The van der Waals surface area contributed by atoms with Gasteiger partial charge in [0.25, 0.3) is 0 Å². The summed E-state index contributed by atoms with van der Waals surface area (Å²) in [6.45, 7) is 3.17. The number of hydrogen-bond donors (Lipinski definition) is 1. The van der Waals surface area contributed by atoms with Gasteiger partial charge in [0, 0.05) is 24.0 Å². The van der Waals surface area contributed by atoms with Gasteiger partial charge >= 0.3 is 0 Å².